The van der Waals surface area contributed by atoms with Gasteiger partial charge in [-0.3, -0.25) is 9.69 Å². The molecule has 6 heteroatoms. The second-order valence-corrected chi connectivity index (χ2v) is 8.70. The average molecular weight is 412 g/mol. The number of amides is 1. The first-order valence-corrected chi connectivity index (χ1v) is 11.1. The molecule has 1 aliphatic heterocycles. The van der Waals surface area contributed by atoms with Crippen molar-refractivity contribution in [3.8, 4) is 0 Å². The van der Waals surface area contributed by atoms with E-state index in [-0.39, 0.29) is 18.6 Å². The highest BCUT2D eigenvalue weighted by Crippen LogP contribution is 2.43. The zero-order chi connectivity index (χ0) is 20.3. The second-order valence-electron chi connectivity index (χ2n) is 7.64. The maximum Gasteiger partial charge on any atom is 0.338 e. The Morgan fingerprint density at radius 1 is 1.03 bits per heavy atom. The van der Waals surface area contributed by atoms with Gasteiger partial charge in [-0.2, -0.15) is 0 Å². The number of hydrogen-bond acceptors (Lipinski definition) is 5. The number of fused-ring (bicyclic) bond motifs is 1. The van der Waals surface area contributed by atoms with Gasteiger partial charge < -0.3 is 9.84 Å². The minimum atomic E-state index is -1.45. The third-order valence-electron chi connectivity index (χ3n) is 5.67. The first-order valence-electron chi connectivity index (χ1n) is 10.1. The third kappa shape index (κ3) is 4.19. The second kappa shape index (κ2) is 8.59. The highest BCUT2D eigenvalue weighted by atomic mass is 32.2. The first kappa shape index (κ1) is 20.0. The molecule has 1 amide bonds. The normalized spacial score (nSPS) is 20.6. The summed E-state index contributed by atoms with van der Waals surface area (Å²) in [6, 6.07) is 17.5. The Labute approximate surface area is 175 Å². The predicted octanol–water partition coefficient (Wildman–Crippen LogP) is 4.11. The molecular weight excluding hydrogens is 386 g/mol. The lowest BCUT2D eigenvalue weighted by atomic mass is 9.85. The Morgan fingerprint density at radius 2 is 1.72 bits per heavy atom. The van der Waals surface area contributed by atoms with E-state index in [4.69, 9.17) is 4.74 Å². The molecule has 0 radical (unpaired) electrons. The number of para-hydroxylation sites is 1. The number of carbonyl (C=O) groups is 2. The molecule has 5 nitrogen and oxygen atoms in total. The van der Waals surface area contributed by atoms with Gasteiger partial charge in [0.15, 0.2) is 12.2 Å². The smallest absolute Gasteiger partial charge is 0.338 e. The first-order chi connectivity index (χ1) is 14.1. The summed E-state index contributed by atoms with van der Waals surface area (Å²) in [5.74, 6) is -0.231. The summed E-state index contributed by atoms with van der Waals surface area (Å²) in [4.78, 5) is 28.4. The van der Waals surface area contributed by atoms with E-state index in [2.05, 4.69) is 0 Å². The SMILES string of the molecule is O=C(COC(=O)C1(O)CCCCC1)N1c2ccccc2SCC1c1ccccc1. The predicted molar refractivity (Wildman–Crippen MR) is 113 cm³/mol. The van der Waals surface area contributed by atoms with Gasteiger partial charge in [-0.15, -0.1) is 11.8 Å². The quantitative estimate of drug-likeness (QED) is 0.767. The molecule has 0 saturated heterocycles. The molecular formula is C23H25NO4S. The fourth-order valence-electron chi connectivity index (χ4n) is 4.09. The van der Waals surface area contributed by atoms with Gasteiger partial charge in [0.1, 0.15) is 0 Å². The summed E-state index contributed by atoms with van der Waals surface area (Å²) >= 11 is 1.72. The Bertz CT molecular complexity index is 879. The van der Waals surface area contributed by atoms with Gasteiger partial charge in [0.2, 0.25) is 0 Å². The van der Waals surface area contributed by atoms with Crippen LogP contribution >= 0.6 is 11.8 Å². The average Bonchev–Trinajstić information content (AvgIpc) is 2.77. The van der Waals surface area contributed by atoms with Crippen molar-refractivity contribution in [2.24, 2.45) is 0 Å². The molecule has 0 spiro atoms. The number of rotatable bonds is 4. The van der Waals surface area contributed by atoms with Crippen LogP contribution in [-0.4, -0.2) is 34.9 Å². The maximum atomic E-state index is 13.2. The zero-order valence-corrected chi connectivity index (χ0v) is 17.1. The summed E-state index contributed by atoms with van der Waals surface area (Å²) in [5, 5.41) is 10.5. The molecule has 2 aromatic carbocycles. The molecule has 1 atom stereocenters. The van der Waals surface area contributed by atoms with Crippen molar-refractivity contribution >= 4 is 29.3 Å². The Balaban J connectivity index is 1.54. The fraction of sp³-hybridized carbons (Fsp3) is 0.391. The summed E-state index contributed by atoms with van der Waals surface area (Å²) in [7, 11) is 0. The van der Waals surface area contributed by atoms with E-state index in [1.165, 1.54) is 0 Å². The van der Waals surface area contributed by atoms with E-state index in [0.29, 0.717) is 12.8 Å². The zero-order valence-electron chi connectivity index (χ0n) is 16.3. The van der Waals surface area contributed by atoms with E-state index < -0.39 is 11.6 Å². The van der Waals surface area contributed by atoms with Gasteiger partial charge in [-0.05, 0) is 43.4 Å². The highest BCUT2D eigenvalue weighted by molar-refractivity contribution is 7.99. The van der Waals surface area contributed by atoms with Crippen LogP contribution < -0.4 is 4.90 Å². The number of thioether (sulfide) groups is 1. The van der Waals surface area contributed by atoms with Crippen molar-refractivity contribution < 1.29 is 19.4 Å². The van der Waals surface area contributed by atoms with Gasteiger partial charge in [0, 0.05) is 10.6 Å². The lowest BCUT2D eigenvalue weighted by Gasteiger charge is -2.37. The molecule has 2 aromatic rings. The number of carbonyl (C=O) groups excluding carboxylic acids is 2. The largest absolute Gasteiger partial charge is 0.453 e. The van der Waals surface area contributed by atoms with Crippen LogP contribution in [0.4, 0.5) is 5.69 Å². The van der Waals surface area contributed by atoms with Crippen molar-refractivity contribution in [1.82, 2.24) is 0 Å². The topological polar surface area (TPSA) is 66.8 Å². The number of hydrogen-bond donors (Lipinski definition) is 1. The van der Waals surface area contributed by atoms with Crippen LogP contribution in [0.25, 0.3) is 0 Å². The van der Waals surface area contributed by atoms with E-state index in [0.717, 1.165) is 41.2 Å². The van der Waals surface area contributed by atoms with Crippen molar-refractivity contribution in [3.05, 3.63) is 60.2 Å². The number of benzene rings is 2. The molecule has 29 heavy (non-hydrogen) atoms. The summed E-state index contributed by atoms with van der Waals surface area (Å²) in [5.41, 5.74) is 0.419. The Hall–Kier alpha value is -2.31. The number of ether oxygens (including phenoxy) is 1. The minimum absolute atomic E-state index is 0.139. The van der Waals surface area contributed by atoms with E-state index in [1.807, 2.05) is 54.6 Å². The van der Waals surface area contributed by atoms with Crippen LogP contribution in [0.2, 0.25) is 0 Å². The lowest BCUT2D eigenvalue weighted by Crippen LogP contribution is -2.45. The standard InChI is InChI=1S/C23H25NO4S/c25-21(15-28-22(26)23(27)13-7-2-8-14-23)24-18-11-5-6-12-20(18)29-16-19(24)17-9-3-1-4-10-17/h1,3-6,9-12,19,27H,2,7-8,13-16H2. The number of nitrogens with zero attached hydrogens (tertiary/aromatic N) is 1. The van der Waals surface area contributed by atoms with E-state index in [9.17, 15) is 14.7 Å². The van der Waals surface area contributed by atoms with Crippen molar-refractivity contribution in [1.29, 1.82) is 0 Å². The van der Waals surface area contributed by atoms with Crippen LogP contribution in [0.3, 0.4) is 0 Å². The number of esters is 1. The molecule has 0 bridgehead atoms. The van der Waals surface area contributed by atoms with Crippen LogP contribution in [0, 0.1) is 0 Å². The lowest BCUT2D eigenvalue weighted by molar-refractivity contribution is -0.170. The molecule has 1 N–H and O–H groups in total. The molecule has 152 valence electrons. The van der Waals surface area contributed by atoms with Gasteiger partial charge in [0.25, 0.3) is 5.91 Å². The van der Waals surface area contributed by atoms with Crippen LogP contribution in [0.5, 0.6) is 0 Å². The number of anilines is 1. The maximum absolute atomic E-state index is 13.2. The third-order valence-corrected chi connectivity index (χ3v) is 6.81. The molecule has 0 aromatic heterocycles. The van der Waals surface area contributed by atoms with Crippen LogP contribution in [0.15, 0.2) is 59.5 Å². The van der Waals surface area contributed by atoms with Gasteiger partial charge in [-0.1, -0.05) is 48.9 Å². The Kier molecular flexibility index (Phi) is 5.92. The molecule has 1 heterocycles. The minimum Gasteiger partial charge on any atom is -0.453 e. The summed E-state index contributed by atoms with van der Waals surface area (Å²) in [6.45, 7) is -0.372. The number of aliphatic hydroxyl groups is 1. The van der Waals surface area contributed by atoms with Crippen LogP contribution in [0.1, 0.15) is 43.7 Å². The summed E-state index contributed by atoms with van der Waals surface area (Å²) < 4.78 is 5.31. The fourth-order valence-corrected chi connectivity index (χ4v) is 5.26. The van der Waals surface area contributed by atoms with Crippen molar-refractivity contribution in [3.63, 3.8) is 0 Å². The van der Waals surface area contributed by atoms with E-state index >= 15 is 0 Å². The molecule has 1 unspecified atom stereocenters. The molecule has 4 rings (SSSR count). The van der Waals surface area contributed by atoms with E-state index in [1.54, 1.807) is 16.7 Å². The molecule has 1 aliphatic carbocycles. The molecule has 2 aliphatic rings. The van der Waals surface area contributed by atoms with Crippen molar-refractivity contribution in [2.45, 2.75) is 48.6 Å². The van der Waals surface area contributed by atoms with Gasteiger partial charge in [-0.25, -0.2) is 4.79 Å². The highest BCUT2D eigenvalue weighted by Gasteiger charge is 2.40. The Morgan fingerprint density at radius 3 is 2.48 bits per heavy atom. The van der Waals surface area contributed by atoms with Gasteiger partial charge >= 0.3 is 5.97 Å². The monoisotopic (exact) mass is 411 g/mol. The van der Waals surface area contributed by atoms with Gasteiger partial charge in [0.05, 0.1) is 11.7 Å². The van der Waals surface area contributed by atoms with Crippen molar-refractivity contribution in [2.75, 3.05) is 17.3 Å². The molecule has 1 fully saturated rings. The molecule has 1 saturated carbocycles. The summed E-state index contributed by atoms with van der Waals surface area (Å²) in [6.07, 6.45) is 3.40. The van der Waals surface area contributed by atoms with Crippen LogP contribution in [-0.2, 0) is 14.3 Å².